The second kappa shape index (κ2) is 7.03. The number of rotatable bonds is 6. The largest absolute Gasteiger partial charge is 0.383 e. The van der Waals surface area contributed by atoms with Crippen molar-refractivity contribution in [1.82, 2.24) is 15.5 Å². The number of nitrogens with one attached hydrogen (secondary N) is 1. The molecule has 1 aromatic rings. The molecule has 1 heterocycles. The molecule has 0 aliphatic heterocycles. The average molecular weight is 255 g/mol. The molecule has 1 aromatic heterocycles. The summed E-state index contributed by atoms with van der Waals surface area (Å²) in [5, 5.41) is 14.2. The van der Waals surface area contributed by atoms with E-state index in [9.17, 15) is 0 Å². The second-order valence-corrected chi connectivity index (χ2v) is 5.63. The van der Waals surface area contributed by atoms with Gasteiger partial charge in [-0.2, -0.15) is 0 Å². The zero-order valence-electron chi connectivity index (χ0n) is 10.4. The van der Waals surface area contributed by atoms with Gasteiger partial charge in [-0.1, -0.05) is 30.6 Å². The number of methoxy groups -OCH3 is 1. The molecule has 1 saturated carbocycles. The van der Waals surface area contributed by atoms with Crippen molar-refractivity contribution in [2.45, 2.75) is 44.6 Å². The van der Waals surface area contributed by atoms with Crippen LogP contribution in [0.4, 0.5) is 0 Å². The van der Waals surface area contributed by atoms with Gasteiger partial charge in [0.05, 0.1) is 6.61 Å². The molecule has 17 heavy (non-hydrogen) atoms. The van der Waals surface area contributed by atoms with E-state index >= 15 is 0 Å². The van der Waals surface area contributed by atoms with Gasteiger partial charge in [0, 0.05) is 26.1 Å². The lowest BCUT2D eigenvalue weighted by atomic mass is 9.90. The van der Waals surface area contributed by atoms with Crippen molar-refractivity contribution in [2.24, 2.45) is 0 Å². The Morgan fingerprint density at radius 2 is 2.12 bits per heavy atom. The minimum atomic E-state index is 0.675. The van der Waals surface area contributed by atoms with Crippen LogP contribution >= 0.6 is 11.3 Å². The van der Waals surface area contributed by atoms with Crippen molar-refractivity contribution in [3.8, 4) is 0 Å². The van der Waals surface area contributed by atoms with Crippen LogP contribution in [0, 0.1) is 0 Å². The Kier molecular flexibility index (Phi) is 5.35. The average Bonchev–Trinajstić information content (AvgIpc) is 2.85. The molecular formula is C12H21N3OS. The molecule has 0 bridgehead atoms. The molecule has 0 saturated heterocycles. The summed E-state index contributed by atoms with van der Waals surface area (Å²) in [6, 6.07) is 0. The Morgan fingerprint density at radius 3 is 2.88 bits per heavy atom. The van der Waals surface area contributed by atoms with E-state index < -0.39 is 0 Å². The standard InChI is InChI=1S/C12H21N3OS/c1-16-8-7-13-9-11-14-15-12(17-11)10-5-3-2-4-6-10/h10,13H,2-9H2,1H3. The van der Waals surface area contributed by atoms with Gasteiger partial charge < -0.3 is 10.1 Å². The summed E-state index contributed by atoms with van der Waals surface area (Å²) in [6.07, 6.45) is 6.69. The minimum Gasteiger partial charge on any atom is -0.383 e. The van der Waals surface area contributed by atoms with E-state index in [-0.39, 0.29) is 0 Å². The highest BCUT2D eigenvalue weighted by Crippen LogP contribution is 2.33. The van der Waals surface area contributed by atoms with Gasteiger partial charge in [0.1, 0.15) is 10.0 Å². The van der Waals surface area contributed by atoms with Crippen LogP contribution < -0.4 is 5.32 Å². The fraction of sp³-hybridized carbons (Fsp3) is 0.833. The lowest BCUT2D eigenvalue weighted by Gasteiger charge is -2.18. The monoisotopic (exact) mass is 255 g/mol. The molecule has 0 unspecified atom stereocenters. The molecule has 96 valence electrons. The quantitative estimate of drug-likeness (QED) is 0.793. The fourth-order valence-electron chi connectivity index (χ4n) is 2.22. The van der Waals surface area contributed by atoms with Crippen LogP contribution in [0.2, 0.25) is 0 Å². The van der Waals surface area contributed by atoms with Gasteiger partial charge in [0.15, 0.2) is 0 Å². The van der Waals surface area contributed by atoms with Crippen LogP contribution in [0.15, 0.2) is 0 Å². The van der Waals surface area contributed by atoms with E-state index in [0.717, 1.165) is 24.7 Å². The van der Waals surface area contributed by atoms with Crippen LogP contribution in [0.25, 0.3) is 0 Å². The van der Waals surface area contributed by atoms with Gasteiger partial charge in [-0.25, -0.2) is 0 Å². The third-order valence-corrected chi connectivity index (χ3v) is 4.28. The predicted molar refractivity (Wildman–Crippen MR) is 69.3 cm³/mol. The Bertz CT molecular complexity index is 323. The number of ether oxygens (including phenoxy) is 1. The predicted octanol–water partition coefficient (Wildman–Crippen LogP) is 2.32. The summed E-state index contributed by atoms with van der Waals surface area (Å²) >= 11 is 1.77. The Morgan fingerprint density at radius 1 is 1.29 bits per heavy atom. The first-order valence-corrected chi connectivity index (χ1v) is 7.23. The van der Waals surface area contributed by atoms with Crippen LogP contribution in [0.3, 0.4) is 0 Å². The third kappa shape index (κ3) is 4.01. The van der Waals surface area contributed by atoms with Crippen molar-refractivity contribution in [3.05, 3.63) is 10.0 Å². The second-order valence-electron chi connectivity index (χ2n) is 4.54. The number of hydrogen-bond acceptors (Lipinski definition) is 5. The molecule has 5 heteroatoms. The highest BCUT2D eigenvalue weighted by Gasteiger charge is 2.19. The van der Waals surface area contributed by atoms with Gasteiger partial charge in [-0.05, 0) is 12.8 Å². The first kappa shape index (κ1) is 12.9. The third-order valence-electron chi connectivity index (χ3n) is 3.20. The number of aromatic nitrogens is 2. The summed E-state index contributed by atoms with van der Waals surface area (Å²) in [5.74, 6) is 0.675. The van der Waals surface area contributed by atoms with Gasteiger partial charge in [0.2, 0.25) is 0 Å². The first-order chi connectivity index (χ1) is 8.40. The molecule has 1 N–H and O–H groups in total. The van der Waals surface area contributed by atoms with Gasteiger partial charge >= 0.3 is 0 Å². The first-order valence-electron chi connectivity index (χ1n) is 6.42. The molecule has 1 aliphatic rings. The molecule has 2 rings (SSSR count). The van der Waals surface area contributed by atoms with E-state index in [2.05, 4.69) is 15.5 Å². The van der Waals surface area contributed by atoms with Crippen molar-refractivity contribution >= 4 is 11.3 Å². The van der Waals surface area contributed by atoms with Crippen LogP contribution in [-0.4, -0.2) is 30.5 Å². The Balaban J connectivity index is 1.78. The highest BCUT2D eigenvalue weighted by molar-refractivity contribution is 7.11. The van der Waals surface area contributed by atoms with Crippen LogP contribution in [0.1, 0.15) is 48.0 Å². The highest BCUT2D eigenvalue weighted by atomic mass is 32.1. The molecule has 0 aromatic carbocycles. The lowest BCUT2D eigenvalue weighted by molar-refractivity contribution is 0.199. The van der Waals surface area contributed by atoms with Crippen molar-refractivity contribution < 1.29 is 4.74 Å². The van der Waals surface area contributed by atoms with Gasteiger partial charge in [-0.15, -0.1) is 10.2 Å². The summed E-state index contributed by atoms with van der Waals surface area (Å²) in [6.45, 7) is 2.43. The van der Waals surface area contributed by atoms with Crippen LogP contribution in [-0.2, 0) is 11.3 Å². The zero-order valence-corrected chi connectivity index (χ0v) is 11.3. The fourth-order valence-corrected chi connectivity index (χ4v) is 3.20. The molecule has 1 aliphatic carbocycles. The molecular weight excluding hydrogens is 234 g/mol. The number of nitrogens with zero attached hydrogens (tertiary/aromatic N) is 2. The van der Waals surface area contributed by atoms with E-state index in [1.54, 1.807) is 18.4 Å². The topological polar surface area (TPSA) is 47.0 Å². The van der Waals surface area contributed by atoms with E-state index in [0.29, 0.717) is 5.92 Å². The van der Waals surface area contributed by atoms with Crippen LogP contribution in [0.5, 0.6) is 0 Å². The summed E-state index contributed by atoms with van der Waals surface area (Å²) in [5.41, 5.74) is 0. The summed E-state index contributed by atoms with van der Waals surface area (Å²) in [7, 11) is 1.72. The molecule has 0 spiro atoms. The summed E-state index contributed by atoms with van der Waals surface area (Å²) in [4.78, 5) is 0. The van der Waals surface area contributed by atoms with Gasteiger partial charge in [0.25, 0.3) is 0 Å². The smallest absolute Gasteiger partial charge is 0.131 e. The Hall–Kier alpha value is -0.520. The maximum atomic E-state index is 4.99. The van der Waals surface area contributed by atoms with E-state index in [1.807, 2.05) is 0 Å². The Labute approximate surface area is 107 Å². The maximum Gasteiger partial charge on any atom is 0.131 e. The van der Waals surface area contributed by atoms with Crippen molar-refractivity contribution in [2.75, 3.05) is 20.3 Å². The zero-order chi connectivity index (χ0) is 11.9. The van der Waals surface area contributed by atoms with Gasteiger partial charge in [-0.3, -0.25) is 0 Å². The van der Waals surface area contributed by atoms with Crippen molar-refractivity contribution in [1.29, 1.82) is 0 Å². The molecule has 1 fully saturated rings. The lowest BCUT2D eigenvalue weighted by Crippen LogP contribution is -2.18. The molecule has 0 atom stereocenters. The van der Waals surface area contributed by atoms with Crippen molar-refractivity contribution in [3.63, 3.8) is 0 Å². The molecule has 0 amide bonds. The van der Waals surface area contributed by atoms with E-state index in [1.165, 1.54) is 37.1 Å². The maximum absolute atomic E-state index is 4.99. The number of hydrogen-bond donors (Lipinski definition) is 1. The normalized spacial score (nSPS) is 17.5. The summed E-state index contributed by atoms with van der Waals surface area (Å²) < 4.78 is 4.99. The minimum absolute atomic E-state index is 0.675. The SMILES string of the molecule is COCCNCc1nnc(C2CCCCC2)s1. The molecule has 4 nitrogen and oxygen atoms in total. The molecule has 0 radical (unpaired) electrons. The van der Waals surface area contributed by atoms with E-state index in [4.69, 9.17) is 4.74 Å².